The van der Waals surface area contributed by atoms with Crippen LogP contribution in [0.25, 0.3) is 0 Å². The molecule has 0 aliphatic rings. The van der Waals surface area contributed by atoms with Crippen LogP contribution in [0, 0.1) is 9.52 Å². The smallest absolute Gasteiger partial charge is 0.328 e. The topological polar surface area (TPSA) is 55.1 Å². The van der Waals surface area contributed by atoms with E-state index in [1.807, 2.05) is 0 Å². The van der Waals surface area contributed by atoms with Gasteiger partial charge in [-0.05, 0) is 29.0 Å². The van der Waals surface area contributed by atoms with E-state index < -0.39 is 18.0 Å². The average Bonchev–Trinajstić information content (AvgIpc) is 2.32. The van der Waals surface area contributed by atoms with Crippen molar-refractivity contribution in [2.75, 3.05) is 0 Å². The first-order chi connectivity index (χ1) is 6.06. The van der Waals surface area contributed by atoms with Gasteiger partial charge < -0.3 is 5.11 Å². The van der Waals surface area contributed by atoms with E-state index in [0.717, 1.165) is 4.68 Å². The van der Waals surface area contributed by atoms with E-state index in [2.05, 4.69) is 5.10 Å². The van der Waals surface area contributed by atoms with Gasteiger partial charge in [0.15, 0.2) is 0 Å². The number of carboxylic acid groups (broad SMARTS) is 1. The fraction of sp³-hybridized carbons (Fsp3) is 0.429. The van der Waals surface area contributed by atoms with Crippen LogP contribution in [0.3, 0.4) is 0 Å². The largest absolute Gasteiger partial charge is 0.480 e. The molecule has 1 unspecified atom stereocenters. The standard InChI is InChI=1S/C7H8FIN2O2/c1-2-5(7(12)13)11-3-4(9)6(8)10-11/h3,5H,2H2,1H3,(H,12,13). The molecule has 0 radical (unpaired) electrons. The summed E-state index contributed by atoms with van der Waals surface area (Å²) < 4.78 is 14.2. The van der Waals surface area contributed by atoms with E-state index in [1.165, 1.54) is 6.20 Å². The molecule has 0 fully saturated rings. The Morgan fingerprint density at radius 2 is 2.54 bits per heavy atom. The molecule has 1 aromatic rings. The zero-order valence-corrected chi connectivity index (χ0v) is 9.03. The Hall–Kier alpha value is -0.660. The minimum absolute atomic E-state index is 0.331. The lowest BCUT2D eigenvalue weighted by Crippen LogP contribution is -2.18. The van der Waals surface area contributed by atoms with Gasteiger partial charge in [-0.15, -0.1) is 5.10 Å². The predicted octanol–water partition coefficient (Wildman–Crippen LogP) is 1.66. The molecular weight excluding hydrogens is 290 g/mol. The molecule has 1 heterocycles. The van der Waals surface area contributed by atoms with Crippen molar-refractivity contribution >= 4 is 28.6 Å². The third-order valence-electron chi connectivity index (χ3n) is 1.64. The van der Waals surface area contributed by atoms with Crippen LogP contribution in [0.5, 0.6) is 0 Å². The summed E-state index contributed by atoms with van der Waals surface area (Å²) in [4.78, 5) is 10.7. The van der Waals surface area contributed by atoms with Crippen LogP contribution >= 0.6 is 22.6 Å². The van der Waals surface area contributed by atoms with Crippen molar-refractivity contribution < 1.29 is 14.3 Å². The summed E-state index contributed by atoms with van der Waals surface area (Å²) in [6, 6.07) is -0.780. The SMILES string of the molecule is CCC(C(=O)O)n1cc(I)c(F)n1. The van der Waals surface area contributed by atoms with Gasteiger partial charge in [0.2, 0.25) is 5.95 Å². The lowest BCUT2D eigenvalue weighted by molar-refractivity contribution is -0.141. The van der Waals surface area contributed by atoms with E-state index >= 15 is 0 Å². The maximum absolute atomic E-state index is 12.8. The summed E-state index contributed by atoms with van der Waals surface area (Å²) in [5, 5.41) is 12.2. The van der Waals surface area contributed by atoms with Gasteiger partial charge in [-0.25, -0.2) is 4.79 Å². The molecule has 1 aromatic heterocycles. The maximum atomic E-state index is 12.8. The van der Waals surface area contributed by atoms with E-state index in [0.29, 0.717) is 9.99 Å². The van der Waals surface area contributed by atoms with Gasteiger partial charge in [0.1, 0.15) is 6.04 Å². The Kier molecular flexibility index (Phi) is 3.23. The lowest BCUT2D eigenvalue weighted by Gasteiger charge is -2.08. The molecule has 0 aliphatic heterocycles. The highest BCUT2D eigenvalue weighted by molar-refractivity contribution is 14.1. The number of carbonyl (C=O) groups is 1. The molecule has 0 saturated heterocycles. The van der Waals surface area contributed by atoms with Gasteiger partial charge in [0.25, 0.3) is 0 Å². The normalized spacial score (nSPS) is 12.8. The van der Waals surface area contributed by atoms with Gasteiger partial charge in [0, 0.05) is 6.20 Å². The highest BCUT2D eigenvalue weighted by Crippen LogP contribution is 2.15. The fourth-order valence-electron chi connectivity index (χ4n) is 0.982. The molecule has 1 atom stereocenters. The van der Waals surface area contributed by atoms with Crippen LogP contribution in [-0.4, -0.2) is 20.9 Å². The number of halogens is 2. The van der Waals surface area contributed by atoms with Crippen LogP contribution in [0.2, 0.25) is 0 Å². The molecular formula is C7H8FIN2O2. The van der Waals surface area contributed by atoms with Crippen molar-refractivity contribution in [3.63, 3.8) is 0 Å². The van der Waals surface area contributed by atoms with Gasteiger partial charge in [-0.1, -0.05) is 6.92 Å². The number of aliphatic carboxylic acids is 1. The zero-order chi connectivity index (χ0) is 10.0. The second kappa shape index (κ2) is 4.03. The number of rotatable bonds is 3. The van der Waals surface area contributed by atoms with Crippen LogP contribution in [-0.2, 0) is 4.79 Å². The van der Waals surface area contributed by atoms with Gasteiger partial charge in [-0.2, -0.15) is 4.39 Å². The van der Waals surface area contributed by atoms with Crippen LogP contribution in [0.4, 0.5) is 4.39 Å². The second-order valence-corrected chi connectivity index (χ2v) is 3.67. The molecule has 0 bridgehead atoms. The Morgan fingerprint density at radius 3 is 2.85 bits per heavy atom. The molecule has 4 nitrogen and oxygen atoms in total. The summed E-state index contributed by atoms with van der Waals surface area (Å²) in [5.41, 5.74) is 0. The summed E-state index contributed by atoms with van der Waals surface area (Å²) >= 11 is 1.77. The van der Waals surface area contributed by atoms with Gasteiger partial charge in [-0.3, -0.25) is 4.68 Å². The first kappa shape index (κ1) is 10.4. The molecule has 0 aromatic carbocycles. The Balaban J connectivity index is 2.98. The molecule has 6 heteroatoms. The third-order valence-corrected chi connectivity index (χ3v) is 2.36. The van der Waals surface area contributed by atoms with Gasteiger partial charge in [0.05, 0.1) is 3.57 Å². The summed E-state index contributed by atoms with van der Waals surface area (Å²) in [6.45, 7) is 1.71. The van der Waals surface area contributed by atoms with Crippen molar-refractivity contribution in [2.45, 2.75) is 19.4 Å². The first-order valence-electron chi connectivity index (χ1n) is 3.69. The summed E-state index contributed by atoms with van der Waals surface area (Å²) in [5.74, 6) is -1.62. The molecule has 0 spiro atoms. The fourth-order valence-corrected chi connectivity index (χ4v) is 1.38. The minimum Gasteiger partial charge on any atom is -0.480 e. The Bertz CT molecular complexity index is 307. The van der Waals surface area contributed by atoms with Crippen molar-refractivity contribution in [3.05, 3.63) is 15.7 Å². The molecule has 0 saturated carbocycles. The van der Waals surface area contributed by atoms with Crippen molar-refractivity contribution in [1.29, 1.82) is 0 Å². The number of aromatic nitrogens is 2. The average molecular weight is 298 g/mol. The van der Waals surface area contributed by atoms with Crippen LogP contribution < -0.4 is 0 Å². The molecule has 0 aliphatic carbocycles. The number of hydrogen-bond acceptors (Lipinski definition) is 2. The van der Waals surface area contributed by atoms with Crippen LogP contribution in [0.15, 0.2) is 6.20 Å². The van der Waals surface area contributed by atoms with E-state index in [9.17, 15) is 9.18 Å². The number of nitrogens with zero attached hydrogens (tertiary/aromatic N) is 2. The van der Waals surface area contributed by atoms with Crippen molar-refractivity contribution in [3.8, 4) is 0 Å². The van der Waals surface area contributed by atoms with E-state index in [-0.39, 0.29) is 0 Å². The van der Waals surface area contributed by atoms with Gasteiger partial charge >= 0.3 is 5.97 Å². The Morgan fingerprint density at radius 1 is 1.92 bits per heavy atom. The van der Waals surface area contributed by atoms with E-state index in [1.54, 1.807) is 29.5 Å². The van der Waals surface area contributed by atoms with Crippen molar-refractivity contribution in [2.24, 2.45) is 0 Å². The molecule has 0 amide bonds. The second-order valence-electron chi connectivity index (χ2n) is 2.51. The minimum atomic E-state index is -0.999. The highest BCUT2D eigenvalue weighted by atomic mass is 127. The van der Waals surface area contributed by atoms with Crippen LogP contribution in [0.1, 0.15) is 19.4 Å². The molecule has 13 heavy (non-hydrogen) atoms. The maximum Gasteiger partial charge on any atom is 0.328 e. The summed E-state index contributed by atoms with van der Waals surface area (Å²) in [6.07, 6.45) is 1.77. The first-order valence-corrected chi connectivity index (χ1v) is 4.77. The number of carboxylic acids is 1. The lowest BCUT2D eigenvalue weighted by atomic mass is 10.2. The quantitative estimate of drug-likeness (QED) is 0.864. The Labute approximate surface area is 87.9 Å². The predicted molar refractivity (Wildman–Crippen MR) is 51.9 cm³/mol. The van der Waals surface area contributed by atoms with E-state index in [4.69, 9.17) is 5.11 Å². The zero-order valence-electron chi connectivity index (χ0n) is 6.87. The molecule has 1 N–H and O–H groups in total. The number of hydrogen-bond donors (Lipinski definition) is 1. The third kappa shape index (κ3) is 2.17. The summed E-state index contributed by atoms with van der Waals surface area (Å²) in [7, 11) is 0. The van der Waals surface area contributed by atoms with Crippen molar-refractivity contribution in [1.82, 2.24) is 9.78 Å². The molecule has 1 rings (SSSR count). The monoisotopic (exact) mass is 298 g/mol. The molecule has 72 valence electrons. The highest BCUT2D eigenvalue weighted by Gasteiger charge is 2.19.